The summed E-state index contributed by atoms with van der Waals surface area (Å²) in [7, 11) is 3.51. The van der Waals surface area contributed by atoms with Crippen molar-refractivity contribution < 1.29 is 9.53 Å². The van der Waals surface area contributed by atoms with Gasteiger partial charge in [-0.05, 0) is 50.3 Å². The van der Waals surface area contributed by atoms with Crippen molar-refractivity contribution in [2.45, 2.75) is 51.0 Å². The number of piperidine rings is 1. The maximum absolute atomic E-state index is 12.5. The van der Waals surface area contributed by atoms with E-state index >= 15 is 0 Å². The number of nitrogens with one attached hydrogen (secondary N) is 1. The molecule has 1 aromatic rings. The van der Waals surface area contributed by atoms with Crippen molar-refractivity contribution >= 4 is 35.8 Å². The molecule has 0 radical (unpaired) electrons. The Hall–Kier alpha value is -1.51. The summed E-state index contributed by atoms with van der Waals surface area (Å²) in [5, 5.41) is 3.39. The maximum atomic E-state index is 12.5. The molecule has 0 saturated carbocycles. The lowest BCUT2D eigenvalue weighted by Gasteiger charge is -2.33. The summed E-state index contributed by atoms with van der Waals surface area (Å²) in [5.74, 6) is 2.55. The molecule has 2 fully saturated rings. The SMILES string of the molecule is CN=C(NCCC(=O)N1CCCCC1C)N1CCC(c2ccc(OC)cc2)C1.I. The van der Waals surface area contributed by atoms with Gasteiger partial charge in [0, 0.05) is 51.6 Å². The first-order valence-electron chi connectivity index (χ1n) is 10.5. The number of likely N-dealkylation sites (tertiary alicyclic amines) is 2. The zero-order chi connectivity index (χ0) is 19.9. The van der Waals surface area contributed by atoms with Crippen LogP contribution >= 0.6 is 24.0 Å². The van der Waals surface area contributed by atoms with Crippen LogP contribution in [0.15, 0.2) is 29.3 Å². The van der Waals surface area contributed by atoms with Gasteiger partial charge in [0.15, 0.2) is 5.96 Å². The molecule has 162 valence electrons. The van der Waals surface area contributed by atoms with E-state index in [-0.39, 0.29) is 29.9 Å². The molecule has 0 spiro atoms. The molecule has 29 heavy (non-hydrogen) atoms. The van der Waals surface area contributed by atoms with Gasteiger partial charge in [0.2, 0.25) is 5.91 Å². The predicted molar refractivity (Wildman–Crippen MR) is 128 cm³/mol. The second-order valence-electron chi connectivity index (χ2n) is 7.86. The number of guanidine groups is 1. The fraction of sp³-hybridized carbons (Fsp3) is 0.636. The van der Waals surface area contributed by atoms with Gasteiger partial charge < -0.3 is 19.9 Å². The van der Waals surface area contributed by atoms with Crippen LogP contribution in [0.25, 0.3) is 0 Å². The molecule has 2 aliphatic rings. The zero-order valence-corrected chi connectivity index (χ0v) is 20.2. The Morgan fingerprint density at radius 2 is 1.97 bits per heavy atom. The number of halogens is 1. The molecule has 7 heteroatoms. The topological polar surface area (TPSA) is 57.2 Å². The number of amides is 1. The van der Waals surface area contributed by atoms with Crippen LogP contribution in [0.5, 0.6) is 5.75 Å². The molecule has 2 atom stereocenters. The van der Waals surface area contributed by atoms with Crippen molar-refractivity contribution in [3.05, 3.63) is 29.8 Å². The average molecular weight is 514 g/mol. The number of aliphatic imine (C=N–C) groups is 1. The normalized spacial score (nSPS) is 22.2. The third kappa shape index (κ3) is 6.23. The maximum Gasteiger partial charge on any atom is 0.224 e. The number of nitrogens with zero attached hydrogens (tertiary/aromatic N) is 3. The quantitative estimate of drug-likeness (QED) is 0.372. The first-order valence-corrected chi connectivity index (χ1v) is 10.5. The van der Waals surface area contributed by atoms with Gasteiger partial charge in [0.05, 0.1) is 7.11 Å². The molecule has 2 saturated heterocycles. The van der Waals surface area contributed by atoms with Crippen LogP contribution < -0.4 is 10.1 Å². The number of benzene rings is 1. The number of carbonyl (C=O) groups is 1. The van der Waals surface area contributed by atoms with Crippen molar-refractivity contribution in [2.75, 3.05) is 40.3 Å². The minimum Gasteiger partial charge on any atom is -0.497 e. The van der Waals surface area contributed by atoms with E-state index in [0.717, 1.165) is 50.6 Å². The minimum atomic E-state index is 0. The summed E-state index contributed by atoms with van der Waals surface area (Å²) >= 11 is 0. The third-order valence-electron chi connectivity index (χ3n) is 6.03. The van der Waals surface area contributed by atoms with E-state index in [1.54, 1.807) is 7.11 Å². The van der Waals surface area contributed by atoms with E-state index in [2.05, 4.69) is 34.3 Å². The Kier molecular flexibility index (Phi) is 9.52. The van der Waals surface area contributed by atoms with E-state index in [4.69, 9.17) is 4.74 Å². The highest BCUT2D eigenvalue weighted by atomic mass is 127. The largest absolute Gasteiger partial charge is 0.497 e. The molecular weight excluding hydrogens is 479 g/mol. The van der Waals surface area contributed by atoms with Gasteiger partial charge in [-0.1, -0.05) is 12.1 Å². The highest BCUT2D eigenvalue weighted by Gasteiger charge is 2.27. The van der Waals surface area contributed by atoms with Gasteiger partial charge in [-0.25, -0.2) is 0 Å². The van der Waals surface area contributed by atoms with E-state index in [1.165, 1.54) is 12.0 Å². The molecule has 0 aliphatic carbocycles. The van der Waals surface area contributed by atoms with Gasteiger partial charge in [-0.3, -0.25) is 9.79 Å². The smallest absolute Gasteiger partial charge is 0.224 e. The molecule has 2 aliphatic heterocycles. The molecule has 2 unspecified atom stereocenters. The number of ether oxygens (including phenoxy) is 1. The Bertz CT molecular complexity index is 680. The summed E-state index contributed by atoms with van der Waals surface area (Å²) in [6.45, 7) is 5.63. The monoisotopic (exact) mass is 514 g/mol. The number of hydrogen-bond donors (Lipinski definition) is 1. The van der Waals surface area contributed by atoms with Gasteiger partial charge >= 0.3 is 0 Å². The lowest BCUT2D eigenvalue weighted by atomic mass is 9.98. The first-order chi connectivity index (χ1) is 13.6. The molecule has 0 bridgehead atoms. The highest BCUT2D eigenvalue weighted by Crippen LogP contribution is 2.28. The second-order valence-corrected chi connectivity index (χ2v) is 7.86. The Balaban J connectivity index is 0.00000300. The number of hydrogen-bond acceptors (Lipinski definition) is 3. The summed E-state index contributed by atoms with van der Waals surface area (Å²) in [5.41, 5.74) is 1.34. The lowest BCUT2D eigenvalue weighted by molar-refractivity contribution is -0.134. The molecule has 6 nitrogen and oxygen atoms in total. The van der Waals surface area contributed by atoms with Crippen LogP contribution in [-0.2, 0) is 4.79 Å². The molecule has 2 heterocycles. The van der Waals surface area contributed by atoms with Crippen LogP contribution in [0.1, 0.15) is 50.5 Å². The summed E-state index contributed by atoms with van der Waals surface area (Å²) < 4.78 is 5.25. The van der Waals surface area contributed by atoms with Crippen LogP contribution in [0.4, 0.5) is 0 Å². The average Bonchev–Trinajstić information content (AvgIpc) is 3.21. The fourth-order valence-electron chi connectivity index (χ4n) is 4.33. The van der Waals surface area contributed by atoms with Crippen molar-refractivity contribution in [3.63, 3.8) is 0 Å². The first kappa shape index (κ1) is 23.8. The molecular formula is C22H35IN4O2. The van der Waals surface area contributed by atoms with E-state index in [1.807, 2.05) is 24.1 Å². The summed E-state index contributed by atoms with van der Waals surface area (Å²) in [6.07, 6.45) is 5.13. The summed E-state index contributed by atoms with van der Waals surface area (Å²) in [6, 6.07) is 8.74. The lowest BCUT2D eigenvalue weighted by Crippen LogP contribution is -2.45. The number of rotatable bonds is 5. The minimum absolute atomic E-state index is 0. The van der Waals surface area contributed by atoms with E-state index < -0.39 is 0 Å². The molecule has 1 amide bonds. The van der Waals surface area contributed by atoms with Gasteiger partial charge in [0.1, 0.15) is 5.75 Å². The third-order valence-corrected chi connectivity index (χ3v) is 6.03. The van der Waals surface area contributed by atoms with Crippen LogP contribution in [0, 0.1) is 0 Å². The van der Waals surface area contributed by atoms with Crippen LogP contribution in [0.2, 0.25) is 0 Å². The van der Waals surface area contributed by atoms with Gasteiger partial charge in [-0.15, -0.1) is 24.0 Å². The number of carbonyl (C=O) groups excluding carboxylic acids is 1. The van der Waals surface area contributed by atoms with Crippen LogP contribution in [0.3, 0.4) is 0 Å². The van der Waals surface area contributed by atoms with Gasteiger partial charge in [0.25, 0.3) is 0 Å². The molecule has 3 rings (SSSR count). The van der Waals surface area contributed by atoms with Crippen LogP contribution in [-0.4, -0.2) is 68.0 Å². The summed E-state index contributed by atoms with van der Waals surface area (Å²) in [4.78, 5) is 21.3. The van der Waals surface area contributed by atoms with Crippen molar-refractivity contribution in [1.82, 2.24) is 15.1 Å². The molecule has 0 aromatic heterocycles. The molecule has 1 aromatic carbocycles. The highest BCUT2D eigenvalue weighted by molar-refractivity contribution is 14.0. The van der Waals surface area contributed by atoms with Gasteiger partial charge in [-0.2, -0.15) is 0 Å². The Morgan fingerprint density at radius 3 is 2.62 bits per heavy atom. The second kappa shape index (κ2) is 11.6. The Labute approximate surface area is 192 Å². The molecule has 1 N–H and O–H groups in total. The van der Waals surface area contributed by atoms with E-state index in [9.17, 15) is 4.79 Å². The van der Waals surface area contributed by atoms with Crippen molar-refractivity contribution in [3.8, 4) is 5.75 Å². The fourth-order valence-corrected chi connectivity index (χ4v) is 4.33. The zero-order valence-electron chi connectivity index (χ0n) is 17.9. The number of methoxy groups -OCH3 is 1. The Morgan fingerprint density at radius 1 is 1.21 bits per heavy atom. The van der Waals surface area contributed by atoms with Crippen molar-refractivity contribution in [1.29, 1.82) is 0 Å². The van der Waals surface area contributed by atoms with E-state index in [0.29, 0.717) is 24.9 Å². The standard InChI is InChI=1S/C22H34N4O2.HI/c1-17-6-4-5-14-26(17)21(27)11-13-24-22(23-2)25-15-12-19(16-25)18-7-9-20(28-3)10-8-18;/h7-10,17,19H,4-6,11-16H2,1-3H3,(H,23,24);1H. The van der Waals surface area contributed by atoms with Crippen molar-refractivity contribution in [2.24, 2.45) is 4.99 Å². The predicted octanol–water partition coefficient (Wildman–Crippen LogP) is 3.47.